The molecule has 0 bridgehead atoms. The van der Waals surface area contributed by atoms with Gasteiger partial charge in [-0.25, -0.2) is 0 Å². The van der Waals surface area contributed by atoms with Gasteiger partial charge in [-0.15, -0.1) is 0 Å². The van der Waals surface area contributed by atoms with Crippen LogP contribution in [0, 0.1) is 11.3 Å². The van der Waals surface area contributed by atoms with Crippen LogP contribution in [0.4, 0.5) is 0 Å². The molecule has 1 rings (SSSR count). The maximum absolute atomic E-state index is 10.7. The lowest BCUT2D eigenvalue weighted by atomic mass is 9.72. The molecule has 1 aliphatic rings. The molecule has 2 nitrogen and oxygen atoms in total. The van der Waals surface area contributed by atoms with Gasteiger partial charge >= 0.3 is 5.97 Å². The van der Waals surface area contributed by atoms with Gasteiger partial charge in [-0.1, -0.05) is 62.3 Å². The highest BCUT2D eigenvalue weighted by molar-refractivity contribution is 5.67. The van der Waals surface area contributed by atoms with E-state index < -0.39 is 24.6 Å². The topological polar surface area (TPSA) is 37.3 Å². The van der Waals surface area contributed by atoms with Crippen LogP contribution in [0.15, 0.2) is 47.1 Å². The third-order valence-electron chi connectivity index (χ3n) is 3.86. The van der Waals surface area contributed by atoms with Gasteiger partial charge in [0, 0.05) is 6.85 Å². The first kappa shape index (κ1) is 11.9. The number of carbonyl (C=O) groups is 1. The first-order valence-electron chi connectivity index (χ1n) is 10.2. The molecule has 0 amide bonds. The Kier molecular flexibility index (Phi) is 4.43. The van der Waals surface area contributed by atoms with Gasteiger partial charge in [0.25, 0.3) is 0 Å². The van der Waals surface area contributed by atoms with E-state index in [0.29, 0.717) is 12.0 Å². The van der Waals surface area contributed by atoms with Crippen LogP contribution in [0.25, 0.3) is 0 Å². The van der Waals surface area contributed by atoms with Gasteiger partial charge in [0.05, 0.1) is 6.42 Å². The molecule has 1 unspecified atom stereocenters. The number of hydrogen-bond donors (Lipinski definition) is 1. The molecule has 0 heterocycles. The minimum absolute atomic E-state index is 0.0668. The summed E-state index contributed by atoms with van der Waals surface area (Å²) < 4.78 is 39.8. The number of carboxylic acids is 1. The maximum Gasteiger partial charge on any atom is 0.303 e. The fraction of sp³-hybridized carbons (Fsp3) is 0.550. The molecular weight excluding hydrogens is 272 g/mol. The van der Waals surface area contributed by atoms with Crippen molar-refractivity contribution < 1.29 is 16.8 Å². The molecule has 22 heavy (non-hydrogen) atoms. The Morgan fingerprint density at radius 1 is 1.55 bits per heavy atom. The second kappa shape index (κ2) is 8.17. The average molecular weight is 307 g/mol. The highest BCUT2D eigenvalue weighted by Crippen LogP contribution is 2.40. The van der Waals surface area contributed by atoms with E-state index in [1.165, 1.54) is 0 Å². The van der Waals surface area contributed by atoms with E-state index in [-0.39, 0.29) is 24.3 Å². The van der Waals surface area contributed by atoms with Crippen molar-refractivity contribution in [3.05, 3.63) is 47.1 Å². The van der Waals surface area contributed by atoms with Gasteiger partial charge in [0.1, 0.15) is 0 Å². The van der Waals surface area contributed by atoms with E-state index in [9.17, 15) is 4.79 Å². The van der Waals surface area contributed by atoms with E-state index >= 15 is 0 Å². The lowest BCUT2D eigenvalue weighted by molar-refractivity contribution is -0.137. The maximum atomic E-state index is 10.7. The molecule has 1 N–H and O–H groups in total. The third kappa shape index (κ3) is 6.05. The predicted octanol–water partition coefficient (Wildman–Crippen LogP) is 5.68. The molecule has 2 heteroatoms. The number of allylic oxidation sites excluding steroid dienone is 8. The molecule has 0 saturated heterocycles. The summed E-state index contributed by atoms with van der Waals surface area (Å²) in [6.07, 6.45) is 7.93. The summed E-state index contributed by atoms with van der Waals surface area (Å²) in [6.45, 7) is 5.09. The molecule has 122 valence electrons. The zero-order valence-corrected chi connectivity index (χ0v) is 13.9. The second-order valence-corrected chi connectivity index (χ2v) is 6.55. The molecule has 0 fully saturated rings. The number of carboxylic acid groups (broad SMARTS) is 1. The Balaban J connectivity index is 3.16. The van der Waals surface area contributed by atoms with Crippen molar-refractivity contribution >= 4 is 5.97 Å². The number of hydrogen-bond acceptors (Lipinski definition) is 1. The molecule has 0 aromatic heterocycles. The van der Waals surface area contributed by atoms with Crippen LogP contribution in [-0.2, 0) is 4.79 Å². The van der Waals surface area contributed by atoms with Crippen LogP contribution < -0.4 is 0 Å². The normalized spacial score (nSPS) is 27.1. The van der Waals surface area contributed by atoms with Crippen LogP contribution >= 0.6 is 0 Å². The monoisotopic (exact) mass is 307 g/mol. The molecule has 1 aliphatic carbocycles. The molecular formula is C20H30O2. The third-order valence-corrected chi connectivity index (χ3v) is 3.86. The SMILES string of the molecule is [2H]C([2H])([2H])C1=C(/C=C/C(C)=C\C=C\C(C)CC(=O)O)C(C)(C)CCC1([2H])[2H]. The number of aliphatic carboxylic acids is 1. The molecule has 1 atom stereocenters. The Hall–Kier alpha value is -1.57. The molecule has 0 saturated carbocycles. The van der Waals surface area contributed by atoms with Crippen molar-refractivity contribution in [2.24, 2.45) is 11.3 Å². The second-order valence-electron chi connectivity index (χ2n) is 6.55. The van der Waals surface area contributed by atoms with E-state index in [4.69, 9.17) is 12.0 Å². The summed E-state index contributed by atoms with van der Waals surface area (Å²) in [6, 6.07) is 0. The summed E-state index contributed by atoms with van der Waals surface area (Å²) in [5.74, 6) is -0.921. The Morgan fingerprint density at radius 3 is 2.91 bits per heavy atom. The van der Waals surface area contributed by atoms with Crippen LogP contribution in [0.3, 0.4) is 0 Å². The van der Waals surface area contributed by atoms with E-state index in [0.717, 1.165) is 5.57 Å². The first-order valence-corrected chi connectivity index (χ1v) is 7.67. The van der Waals surface area contributed by atoms with E-state index in [2.05, 4.69) is 0 Å². The van der Waals surface area contributed by atoms with Gasteiger partial charge in [0.15, 0.2) is 0 Å². The fourth-order valence-corrected chi connectivity index (χ4v) is 2.39. The largest absolute Gasteiger partial charge is 0.481 e. The predicted molar refractivity (Wildman–Crippen MR) is 93.8 cm³/mol. The molecule has 0 aromatic carbocycles. The minimum Gasteiger partial charge on any atom is -0.481 e. The summed E-state index contributed by atoms with van der Waals surface area (Å²) >= 11 is 0. The highest BCUT2D eigenvalue weighted by Gasteiger charge is 2.26. The zero-order chi connectivity index (χ0) is 21.0. The standard InChI is InChI=1S/C20H30O2/c1-15(8-6-9-16(2)14-19(21)22)11-12-18-17(3)10-7-13-20(18,4)5/h6,8-9,11-12,16H,7,10,13-14H2,1-5H3,(H,21,22)/b9-6+,12-11+,15-8-/i3D3,10D2. The van der Waals surface area contributed by atoms with Gasteiger partial charge in [-0.2, -0.15) is 0 Å². The molecule has 0 spiro atoms. The summed E-state index contributed by atoms with van der Waals surface area (Å²) in [5, 5.41) is 8.76. The lowest BCUT2D eigenvalue weighted by Gasteiger charge is -2.32. The Bertz CT molecular complexity index is 679. The van der Waals surface area contributed by atoms with Gasteiger partial charge in [-0.3, -0.25) is 4.79 Å². The van der Waals surface area contributed by atoms with Gasteiger partial charge < -0.3 is 5.11 Å². The van der Waals surface area contributed by atoms with Gasteiger partial charge in [0.2, 0.25) is 0 Å². The fourth-order valence-electron chi connectivity index (χ4n) is 2.39. The van der Waals surface area contributed by atoms with Crippen molar-refractivity contribution in [3.8, 4) is 0 Å². The van der Waals surface area contributed by atoms with Crippen LogP contribution in [-0.4, -0.2) is 11.1 Å². The van der Waals surface area contributed by atoms with Crippen molar-refractivity contribution in [2.75, 3.05) is 0 Å². The Morgan fingerprint density at radius 2 is 2.27 bits per heavy atom. The summed E-state index contributed by atoms with van der Waals surface area (Å²) in [4.78, 5) is 10.7. The van der Waals surface area contributed by atoms with Crippen molar-refractivity contribution in [1.29, 1.82) is 0 Å². The molecule has 0 radical (unpaired) electrons. The van der Waals surface area contributed by atoms with Crippen molar-refractivity contribution in [3.63, 3.8) is 0 Å². The van der Waals surface area contributed by atoms with Crippen LogP contribution in [0.1, 0.15) is 67.0 Å². The van der Waals surface area contributed by atoms with Crippen molar-refractivity contribution in [2.45, 2.75) is 60.2 Å². The van der Waals surface area contributed by atoms with E-state index in [1.54, 1.807) is 18.2 Å². The quantitative estimate of drug-likeness (QED) is 0.641. The van der Waals surface area contributed by atoms with Crippen LogP contribution in [0.5, 0.6) is 0 Å². The van der Waals surface area contributed by atoms with Gasteiger partial charge in [-0.05, 0) is 49.9 Å². The molecule has 0 aliphatic heterocycles. The lowest BCUT2D eigenvalue weighted by Crippen LogP contribution is -2.19. The first-order chi connectivity index (χ1) is 12.2. The van der Waals surface area contributed by atoms with E-state index in [1.807, 2.05) is 39.8 Å². The average Bonchev–Trinajstić information content (AvgIpc) is 2.46. The minimum atomic E-state index is -2.48. The van der Waals surface area contributed by atoms with Crippen molar-refractivity contribution in [1.82, 2.24) is 0 Å². The smallest absolute Gasteiger partial charge is 0.303 e. The highest BCUT2D eigenvalue weighted by atomic mass is 16.4. The summed E-state index contributed by atoms with van der Waals surface area (Å²) in [5.41, 5.74) is 0.890. The zero-order valence-electron chi connectivity index (χ0n) is 18.9. The Labute approximate surface area is 142 Å². The number of rotatable bonds is 6. The van der Waals surface area contributed by atoms with Crippen LogP contribution in [0.2, 0.25) is 0 Å². The molecule has 0 aromatic rings. The summed E-state index contributed by atoms with van der Waals surface area (Å²) in [7, 11) is 0.